The topological polar surface area (TPSA) is 60.4 Å². The van der Waals surface area contributed by atoms with Gasteiger partial charge in [0, 0.05) is 0 Å². The first kappa shape index (κ1) is 14.7. The van der Waals surface area contributed by atoms with E-state index in [-0.39, 0.29) is 10.2 Å². The van der Waals surface area contributed by atoms with Gasteiger partial charge in [0.2, 0.25) is 0 Å². The van der Waals surface area contributed by atoms with Crippen LogP contribution in [0.4, 0.5) is 0 Å². The number of thiocarbonyl (C=S) groups is 1. The molecule has 4 nitrogen and oxygen atoms in total. The molecule has 0 atom stereocenters. The zero-order chi connectivity index (χ0) is 14.7. The molecule has 0 bridgehead atoms. The molecule has 1 heterocycles. The Kier molecular flexibility index (Phi) is 4.57. The lowest BCUT2D eigenvalue weighted by atomic mass is 10.1. The van der Waals surface area contributed by atoms with Crippen molar-refractivity contribution in [3.8, 4) is 0 Å². The molecule has 0 aliphatic carbocycles. The van der Waals surface area contributed by atoms with E-state index in [1.54, 1.807) is 6.08 Å². The average molecular weight is 306 g/mol. The molecule has 104 valence electrons. The van der Waals surface area contributed by atoms with Gasteiger partial charge in [-0.25, -0.2) is 0 Å². The Morgan fingerprint density at radius 3 is 2.60 bits per heavy atom. The highest BCUT2D eigenvalue weighted by molar-refractivity contribution is 8.26. The zero-order valence-electron chi connectivity index (χ0n) is 10.8. The largest absolute Gasteiger partial charge is 0.548 e. The second kappa shape index (κ2) is 6.19. The van der Waals surface area contributed by atoms with Crippen molar-refractivity contribution in [2.75, 3.05) is 6.54 Å². The molecule has 1 saturated heterocycles. The molecule has 1 aliphatic heterocycles. The molecule has 0 radical (unpaired) electrons. The molecule has 1 aromatic rings. The molecular weight excluding hydrogens is 294 g/mol. The van der Waals surface area contributed by atoms with Gasteiger partial charge in [0.05, 0.1) is 17.4 Å². The fourth-order valence-corrected chi connectivity index (χ4v) is 3.02. The van der Waals surface area contributed by atoms with Gasteiger partial charge in [0.25, 0.3) is 5.91 Å². The summed E-state index contributed by atoms with van der Waals surface area (Å²) in [5.74, 6) is -1.71. The van der Waals surface area contributed by atoms with Crippen molar-refractivity contribution in [1.29, 1.82) is 0 Å². The van der Waals surface area contributed by atoms with E-state index in [2.05, 4.69) is 6.92 Å². The van der Waals surface area contributed by atoms with Crippen LogP contribution in [0.5, 0.6) is 0 Å². The highest BCUT2D eigenvalue weighted by atomic mass is 32.2. The fraction of sp³-hybridized carbons (Fsp3) is 0.214. The SMILES string of the molecule is CCc1ccc(/C=C2/SC(=S)N(CC(=O)[O-])C2=O)cc1. The third-order valence-corrected chi connectivity index (χ3v) is 4.22. The van der Waals surface area contributed by atoms with Crippen molar-refractivity contribution in [3.05, 3.63) is 40.3 Å². The number of rotatable bonds is 4. The lowest BCUT2D eigenvalue weighted by Crippen LogP contribution is -2.40. The molecule has 1 amide bonds. The number of nitrogens with zero attached hydrogens (tertiary/aromatic N) is 1. The van der Waals surface area contributed by atoms with Crippen molar-refractivity contribution < 1.29 is 14.7 Å². The van der Waals surface area contributed by atoms with Crippen molar-refractivity contribution >= 4 is 46.3 Å². The number of hydrogen-bond donors (Lipinski definition) is 0. The van der Waals surface area contributed by atoms with Gasteiger partial charge in [0.15, 0.2) is 0 Å². The second-order valence-corrected chi connectivity index (χ2v) is 5.91. The van der Waals surface area contributed by atoms with Crippen LogP contribution >= 0.6 is 24.0 Å². The van der Waals surface area contributed by atoms with Crippen LogP contribution in [0, 0.1) is 0 Å². The van der Waals surface area contributed by atoms with Crippen molar-refractivity contribution in [2.45, 2.75) is 13.3 Å². The van der Waals surface area contributed by atoms with E-state index < -0.39 is 12.5 Å². The lowest BCUT2D eigenvalue weighted by Gasteiger charge is -2.14. The Morgan fingerprint density at radius 1 is 1.40 bits per heavy atom. The molecular formula is C14H12NO3S2-. The minimum absolute atomic E-state index is 0.246. The van der Waals surface area contributed by atoms with Crippen molar-refractivity contribution in [2.24, 2.45) is 0 Å². The highest BCUT2D eigenvalue weighted by Gasteiger charge is 2.31. The highest BCUT2D eigenvalue weighted by Crippen LogP contribution is 2.32. The Hall–Kier alpha value is -1.66. The van der Waals surface area contributed by atoms with E-state index in [0.717, 1.165) is 28.6 Å². The average Bonchev–Trinajstić information content (AvgIpc) is 2.67. The maximum atomic E-state index is 12.0. The first-order chi connectivity index (χ1) is 9.51. The Labute approximate surface area is 126 Å². The number of hydrogen-bond acceptors (Lipinski definition) is 5. The molecule has 1 fully saturated rings. The van der Waals surface area contributed by atoms with Crippen LogP contribution in [0.15, 0.2) is 29.2 Å². The number of carboxylic acids is 1. The summed E-state index contributed by atoms with van der Waals surface area (Å²) in [6, 6.07) is 7.83. The molecule has 0 unspecified atom stereocenters. The predicted molar refractivity (Wildman–Crippen MR) is 80.7 cm³/mol. The normalized spacial score (nSPS) is 17.1. The monoisotopic (exact) mass is 306 g/mol. The Morgan fingerprint density at radius 2 is 2.05 bits per heavy atom. The van der Waals surface area contributed by atoms with E-state index >= 15 is 0 Å². The van der Waals surface area contributed by atoms with E-state index in [0.29, 0.717) is 4.91 Å². The van der Waals surface area contributed by atoms with Gasteiger partial charge >= 0.3 is 0 Å². The van der Waals surface area contributed by atoms with Gasteiger partial charge in [0.1, 0.15) is 4.32 Å². The minimum atomic E-state index is -1.32. The van der Waals surface area contributed by atoms with Crippen LogP contribution < -0.4 is 5.11 Å². The summed E-state index contributed by atoms with van der Waals surface area (Å²) in [5, 5.41) is 10.6. The first-order valence-corrected chi connectivity index (χ1v) is 7.28. The van der Waals surface area contributed by atoms with Gasteiger partial charge in [-0.15, -0.1) is 0 Å². The molecule has 6 heteroatoms. The summed E-state index contributed by atoms with van der Waals surface area (Å²) in [7, 11) is 0. The molecule has 0 N–H and O–H groups in total. The summed E-state index contributed by atoms with van der Waals surface area (Å²) < 4.78 is 0.246. The predicted octanol–water partition coefficient (Wildman–Crippen LogP) is 1.20. The maximum Gasteiger partial charge on any atom is 0.266 e. The number of carboxylic acid groups (broad SMARTS) is 1. The van der Waals surface area contributed by atoms with Crippen molar-refractivity contribution in [3.63, 3.8) is 0 Å². The number of carbonyl (C=O) groups excluding carboxylic acids is 2. The fourth-order valence-electron chi connectivity index (χ4n) is 1.77. The van der Waals surface area contributed by atoms with Crippen LogP contribution in [-0.2, 0) is 16.0 Å². The summed E-state index contributed by atoms with van der Waals surface area (Å²) >= 11 is 6.11. The van der Waals surface area contributed by atoms with Crippen LogP contribution in [-0.4, -0.2) is 27.6 Å². The smallest absolute Gasteiger partial charge is 0.266 e. The van der Waals surface area contributed by atoms with Gasteiger partial charge in [-0.3, -0.25) is 9.69 Å². The molecule has 0 saturated carbocycles. The molecule has 20 heavy (non-hydrogen) atoms. The van der Waals surface area contributed by atoms with E-state index in [1.807, 2.05) is 24.3 Å². The van der Waals surface area contributed by atoms with Crippen LogP contribution in [0.25, 0.3) is 6.08 Å². The Balaban J connectivity index is 2.20. The summed E-state index contributed by atoms with van der Waals surface area (Å²) in [5.41, 5.74) is 2.10. The van der Waals surface area contributed by atoms with Crippen LogP contribution in [0.3, 0.4) is 0 Å². The standard InChI is InChI=1S/C14H13NO3S2/c1-2-9-3-5-10(6-4-9)7-11-13(18)15(8-12(16)17)14(19)20-11/h3-7H,2,8H2,1H3,(H,16,17)/p-1/b11-7+. The molecule has 0 aromatic heterocycles. The molecule has 2 rings (SSSR count). The summed E-state index contributed by atoms with van der Waals surface area (Å²) in [4.78, 5) is 24.1. The summed E-state index contributed by atoms with van der Waals surface area (Å²) in [6.07, 6.45) is 2.67. The number of carbonyl (C=O) groups is 2. The number of aryl methyl sites for hydroxylation is 1. The van der Waals surface area contributed by atoms with Gasteiger partial charge in [-0.05, 0) is 23.6 Å². The third-order valence-electron chi connectivity index (χ3n) is 2.85. The number of benzene rings is 1. The van der Waals surface area contributed by atoms with Crippen LogP contribution in [0.2, 0.25) is 0 Å². The molecule has 0 spiro atoms. The van der Waals surface area contributed by atoms with Gasteiger partial charge in [-0.2, -0.15) is 0 Å². The second-order valence-electron chi connectivity index (χ2n) is 4.23. The number of amides is 1. The van der Waals surface area contributed by atoms with E-state index in [4.69, 9.17) is 12.2 Å². The van der Waals surface area contributed by atoms with E-state index in [9.17, 15) is 14.7 Å². The lowest BCUT2D eigenvalue weighted by molar-refractivity contribution is -0.305. The van der Waals surface area contributed by atoms with Gasteiger partial charge in [-0.1, -0.05) is 55.2 Å². The zero-order valence-corrected chi connectivity index (χ0v) is 12.4. The van der Waals surface area contributed by atoms with Crippen LogP contribution in [0.1, 0.15) is 18.1 Å². The Bertz CT molecular complexity index is 593. The minimum Gasteiger partial charge on any atom is -0.548 e. The van der Waals surface area contributed by atoms with Gasteiger partial charge < -0.3 is 9.90 Å². The third kappa shape index (κ3) is 3.26. The molecule has 1 aromatic carbocycles. The quantitative estimate of drug-likeness (QED) is 0.618. The van der Waals surface area contributed by atoms with E-state index in [1.165, 1.54) is 5.56 Å². The molecule has 1 aliphatic rings. The first-order valence-electron chi connectivity index (χ1n) is 6.05. The maximum absolute atomic E-state index is 12.0. The van der Waals surface area contributed by atoms with Crippen molar-refractivity contribution in [1.82, 2.24) is 4.90 Å². The number of aliphatic carboxylic acids is 1. The summed E-state index contributed by atoms with van der Waals surface area (Å²) in [6.45, 7) is 1.57. The number of thioether (sulfide) groups is 1.